The Kier molecular flexibility index (Phi) is 3.58. The first-order chi connectivity index (χ1) is 6.45. The Morgan fingerprint density at radius 1 is 1.08 bits per heavy atom. The zero-order valence-corrected chi connectivity index (χ0v) is 8.26. The smallest absolute Gasteiger partial charge is 0.0588 e. The lowest BCUT2D eigenvalue weighted by Crippen LogP contribution is -2.35. The van der Waals surface area contributed by atoms with Gasteiger partial charge in [0.05, 0.1) is 6.17 Å². The summed E-state index contributed by atoms with van der Waals surface area (Å²) in [5.41, 5.74) is 0. The molecule has 0 aromatic heterocycles. The van der Waals surface area contributed by atoms with Crippen molar-refractivity contribution < 1.29 is 0 Å². The molecular formula is C10H20N3. The molecule has 0 aliphatic carbocycles. The molecule has 75 valence electrons. The zero-order chi connectivity index (χ0) is 8.93. The normalized spacial score (nSPS) is 26.8. The van der Waals surface area contributed by atoms with Gasteiger partial charge in [-0.2, -0.15) is 0 Å². The van der Waals surface area contributed by atoms with Crippen LogP contribution in [0.1, 0.15) is 25.7 Å². The molecule has 2 heterocycles. The molecule has 0 aromatic rings. The third-order valence-electron chi connectivity index (χ3n) is 2.90. The van der Waals surface area contributed by atoms with Crippen molar-refractivity contribution in [3.63, 3.8) is 0 Å². The zero-order valence-electron chi connectivity index (χ0n) is 8.26. The van der Waals surface area contributed by atoms with Gasteiger partial charge in [-0.25, -0.2) is 0 Å². The van der Waals surface area contributed by atoms with Crippen LogP contribution in [-0.2, 0) is 0 Å². The van der Waals surface area contributed by atoms with Gasteiger partial charge in [0.2, 0.25) is 0 Å². The third kappa shape index (κ3) is 2.93. The Balaban J connectivity index is 1.60. The molecule has 0 amide bonds. The Morgan fingerprint density at radius 3 is 2.46 bits per heavy atom. The standard InChI is InChI=1S/C10H20N3/c1-2-7-13(8-3-1)9-4-10-11-5-6-12-10/h9-12H,1-8H2. The van der Waals surface area contributed by atoms with Crippen LogP contribution in [0.15, 0.2) is 0 Å². The highest BCUT2D eigenvalue weighted by Crippen LogP contribution is 2.12. The summed E-state index contributed by atoms with van der Waals surface area (Å²) in [5, 5.41) is 6.85. The van der Waals surface area contributed by atoms with Gasteiger partial charge in [0.25, 0.3) is 0 Å². The molecule has 0 aromatic carbocycles. The molecule has 3 nitrogen and oxygen atoms in total. The van der Waals surface area contributed by atoms with E-state index in [0.29, 0.717) is 6.17 Å². The predicted molar refractivity (Wildman–Crippen MR) is 54.1 cm³/mol. The minimum absolute atomic E-state index is 0.530. The van der Waals surface area contributed by atoms with Crippen molar-refractivity contribution in [3.8, 4) is 0 Å². The van der Waals surface area contributed by atoms with Crippen LogP contribution in [0.5, 0.6) is 0 Å². The fraction of sp³-hybridized carbons (Fsp3) is 0.900. The van der Waals surface area contributed by atoms with E-state index < -0.39 is 0 Å². The molecule has 2 fully saturated rings. The Bertz CT molecular complexity index is 137. The Hall–Kier alpha value is -0.120. The van der Waals surface area contributed by atoms with Gasteiger partial charge in [-0.05, 0) is 32.4 Å². The summed E-state index contributed by atoms with van der Waals surface area (Å²) >= 11 is 0. The number of hydrogen-bond acceptors (Lipinski definition) is 3. The van der Waals surface area contributed by atoms with Crippen molar-refractivity contribution in [1.82, 2.24) is 15.5 Å². The number of nitrogens with zero attached hydrogens (tertiary/aromatic N) is 1. The SMILES string of the molecule is [CH](CC1NCCN1)N1CCCCC1. The van der Waals surface area contributed by atoms with E-state index in [1.807, 2.05) is 0 Å². The van der Waals surface area contributed by atoms with E-state index in [0.717, 1.165) is 19.5 Å². The predicted octanol–water partition coefficient (Wildman–Crippen LogP) is 0.543. The molecule has 2 aliphatic heterocycles. The minimum atomic E-state index is 0.530. The van der Waals surface area contributed by atoms with Gasteiger partial charge in [0, 0.05) is 19.6 Å². The fourth-order valence-electron chi connectivity index (χ4n) is 2.09. The molecule has 2 saturated heterocycles. The van der Waals surface area contributed by atoms with Crippen molar-refractivity contribution in [1.29, 1.82) is 0 Å². The summed E-state index contributed by atoms with van der Waals surface area (Å²) in [6, 6.07) is 0. The molecular weight excluding hydrogens is 162 g/mol. The van der Waals surface area contributed by atoms with E-state index in [9.17, 15) is 0 Å². The Morgan fingerprint density at radius 2 is 1.77 bits per heavy atom. The summed E-state index contributed by atoms with van der Waals surface area (Å²) in [5.74, 6) is 0. The quantitative estimate of drug-likeness (QED) is 0.667. The van der Waals surface area contributed by atoms with E-state index in [1.54, 1.807) is 0 Å². The second kappa shape index (κ2) is 4.94. The molecule has 2 N–H and O–H groups in total. The lowest BCUT2D eigenvalue weighted by atomic mass is 10.1. The highest BCUT2D eigenvalue weighted by molar-refractivity contribution is 4.81. The lowest BCUT2D eigenvalue weighted by Gasteiger charge is -2.26. The molecule has 13 heavy (non-hydrogen) atoms. The van der Waals surface area contributed by atoms with E-state index in [2.05, 4.69) is 22.1 Å². The van der Waals surface area contributed by atoms with Gasteiger partial charge in [-0.15, -0.1) is 0 Å². The average Bonchev–Trinajstić information content (AvgIpc) is 2.69. The topological polar surface area (TPSA) is 27.3 Å². The highest BCUT2D eigenvalue weighted by Gasteiger charge is 2.15. The lowest BCUT2D eigenvalue weighted by molar-refractivity contribution is 0.261. The van der Waals surface area contributed by atoms with Crippen LogP contribution in [0.2, 0.25) is 0 Å². The molecule has 3 heteroatoms. The summed E-state index contributed by atoms with van der Waals surface area (Å²) in [6.45, 7) is 7.16. The third-order valence-corrected chi connectivity index (χ3v) is 2.90. The van der Waals surface area contributed by atoms with Crippen LogP contribution in [0.25, 0.3) is 0 Å². The van der Waals surface area contributed by atoms with Crippen LogP contribution in [0.3, 0.4) is 0 Å². The number of rotatable bonds is 3. The van der Waals surface area contributed by atoms with E-state index in [1.165, 1.54) is 32.4 Å². The second-order valence-electron chi connectivity index (χ2n) is 3.98. The van der Waals surface area contributed by atoms with Crippen LogP contribution >= 0.6 is 0 Å². The fourth-order valence-corrected chi connectivity index (χ4v) is 2.09. The van der Waals surface area contributed by atoms with Crippen LogP contribution in [0, 0.1) is 6.54 Å². The number of hydrogen-bond donors (Lipinski definition) is 2. The molecule has 0 unspecified atom stereocenters. The van der Waals surface area contributed by atoms with Gasteiger partial charge in [-0.1, -0.05) is 6.42 Å². The van der Waals surface area contributed by atoms with Gasteiger partial charge in [0.1, 0.15) is 0 Å². The second-order valence-corrected chi connectivity index (χ2v) is 3.98. The van der Waals surface area contributed by atoms with Crippen molar-refractivity contribution >= 4 is 0 Å². The molecule has 0 bridgehead atoms. The summed E-state index contributed by atoms with van der Waals surface area (Å²) in [4.78, 5) is 2.48. The largest absolute Gasteiger partial charge is 0.301 e. The van der Waals surface area contributed by atoms with Gasteiger partial charge < -0.3 is 10.6 Å². The van der Waals surface area contributed by atoms with E-state index in [-0.39, 0.29) is 0 Å². The summed E-state index contributed by atoms with van der Waals surface area (Å²) < 4.78 is 0. The first-order valence-electron chi connectivity index (χ1n) is 5.49. The highest BCUT2D eigenvalue weighted by atomic mass is 15.2. The maximum atomic E-state index is 3.43. The maximum absolute atomic E-state index is 3.43. The van der Waals surface area contributed by atoms with E-state index >= 15 is 0 Å². The van der Waals surface area contributed by atoms with Crippen molar-refractivity contribution in [2.45, 2.75) is 31.8 Å². The molecule has 0 saturated carbocycles. The molecule has 0 atom stereocenters. The molecule has 1 radical (unpaired) electrons. The molecule has 0 spiro atoms. The van der Waals surface area contributed by atoms with Crippen LogP contribution in [-0.4, -0.2) is 37.2 Å². The number of piperidine rings is 1. The number of nitrogens with one attached hydrogen (secondary N) is 2. The first-order valence-corrected chi connectivity index (χ1v) is 5.49. The monoisotopic (exact) mass is 182 g/mol. The summed E-state index contributed by atoms with van der Waals surface area (Å²) in [7, 11) is 0. The van der Waals surface area contributed by atoms with Crippen molar-refractivity contribution in [2.75, 3.05) is 26.2 Å². The van der Waals surface area contributed by atoms with Crippen molar-refractivity contribution in [3.05, 3.63) is 6.54 Å². The van der Waals surface area contributed by atoms with Crippen LogP contribution in [0.4, 0.5) is 0 Å². The van der Waals surface area contributed by atoms with Crippen LogP contribution < -0.4 is 10.6 Å². The van der Waals surface area contributed by atoms with Crippen molar-refractivity contribution in [2.24, 2.45) is 0 Å². The molecule has 2 rings (SSSR count). The average molecular weight is 182 g/mol. The number of likely N-dealkylation sites (tertiary alicyclic amines) is 1. The summed E-state index contributed by atoms with van der Waals surface area (Å²) in [6.07, 6.45) is 5.84. The molecule has 2 aliphatic rings. The minimum Gasteiger partial charge on any atom is -0.301 e. The van der Waals surface area contributed by atoms with Gasteiger partial charge >= 0.3 is 0 Å². The van der Waals surface area contributed by atoms with Gasteiger partial charge in [-0.3, -0.25) is 4.90 Å². The van der Waals surface area contributed by atoms with E-state index in [4.69, 9.17) is 0 Å². The first kappa shape index (κ1) is 9.44. The van der Waals surface area contributed by atoms with Gasteiger partial charge in [0.15, 0.2) is 0 Å². The Labute approximate surface area is 80.9 Å². The maximum Gasteiger partial charge on any atom is 0.0588 e.